The average Bonchev–Trinajstić information content (AvgIpc) is 3.20. The summed E-state index contributed by atoms with van der Waals surface area (Å²) in [6.45, 7) is 6.17. The molecule has 0 aliphatic carbocycles. The summed E-state index contributed by atoms with van der Waals surface area (Å²) < 4.78 is 15.6. The summed E-state index contributed by atoms with van der Waals surface area (Å²) in [4.78, 5) is 24.1. The third kappa shape index (κ3) is 6.88. The van der Waals surface area contributed by atoms with E-state index in [2.05, 4.69) is 5.32 Å². The van der Waals surface area contributed by atoms with Crippen molar-refractivity contribution in [1.82, 2.24) is 5.32 Å². The third-order valence-corrected chi connectivity index (χ3v) is 4.60. The second-order valence-electron chi connectivity index (χ2n) is 7.84. The zero-order valence-corrected chi connectivity index (χ0v) is 16.9. The molecule has 1 fully saturated rings. The van der Waals surface area contributed by atoms with Gasteiger partial charge in [-0.25, -0.2) is 4.79 Å². The standard InChI is InChI=1S/C20H29NO8/c1-12-6-16(23)17(24)7-15(12)19(26)28-10-14(22)8-21-20(2,3)11-29-18(25)13-4-5-27-9-13/h6-7,13-14,21-24H,4-5,8-11H2,1-3H3. The topological polar surface area (TPSA) is 135 Å². The highest BCUT2D eigenvalue weighted by Crippen LogP contribution is 2.28. The summed E-state index contributed by atoms with van der Waals surface area (Å²) in [6.07, 6.45) is -0.321. The maximum Gasteiger partial charge on any atom is 0.338 e. The summed E-state index contributed by atoms with van der Waals surface area (Å²) in [5, 5.41) is 32.1. The minimum absolute atomic E-state index is 0.101. The maximum atomic E-state index is 12.1. The molecule has 1 aromatic rings. The first-order valence-electron chi connectivity index (χ1n) is 9.46. The number of hydrogen-bond donors (Lipinski definition) is 4. The summed E-state index contributed by atoms with van der Waals surface area (Å²) in [6, 6.07) is 2.37. The zero-order chi connectivity index (χ0) is 21.6. The SMILES string of the molecule is Cc1cc(O)c(O)cc1C(=O)OCC(O)CNC(C)(C)COC(=O)C1CCOC1. The van der Waals surface area contributed by atoms with Crippen LogP contribution in [0, 0.1) is 12.8 Å². The second-order valence-corrected chi connectivity index (χ2v) is 7.84. The van der Waals surface area contributed by atoms with Gasteiger partial charge >= 0.3 is 11.9 Å². The van der Waals surface area contributed by atoms with Crippen molar-refractivity contribution in [2.24, 2.45) is 5.92 Å². The molecule has 9 nitrogen and oxygen atoms in total. The molecule has 0 radical (unpaired) electrons. The van der Waals surface area contributed by atoms with E-state index in [0.717, 1.165) is 6.07 Å². The number of benzene rings is 1. The molecule has 2 atom stereocenters. The molecule has 9 heteroatoms. The lowest BCUT2D eigenvalue weighted by atomic mass is 10.1. The molecular formula is C20H29NO8. The fourth-order valence-corrected chi connectivity index (χ4v) is 2.74. The Hall–Kier alpha value is -2.36. The molecule has 0 saturated carbocycles. The smallest absolute Gasteiger partial charge is 0.338 e. The lowest BCUT2D eigenvalue weighted by Crippen LogP contribution is -2.48. The number of aliphatic hydroxyl groups is 1. The van der Waals surface area contributed by atoms with Gasteiger partial charge in [-0.05, 0) is 44.9 Å². The average molecular weight is 411 g/mol. The van der Waals surface area contributed by atoms with Crippen molar-refractivity contribution in [1.29, 1.82) is 0 Å². The second kappa shape index (κ2) is 9.91. The minimum atomic E-state index is -0.983. The monoisotopic (exact) mass is 411 g/mol. The van der Waals surface area contributed by atoms with Gasteiger partial charge in [0.05, 0.1) is 18.1 Å². The lowest BCUT2D eigenvalue weighted by molar-refractivity contribution is -0.150. The maximum absolute atomic E-state index is 12.1. The van der Waals surface area contributed by atoms with E-state index in [1.165, 1.54) is 6.07 Å². The number of aryl methyl sites for hydroxylation is 1. The van der Waals surface area contributed by atoms with Crippen LogP contribution in [0.4, 0.5) is 0 Å². The van der Waals surface area contributed by atoms with Gasteiger partial charge < -0.3 is 34.8 Å². The number of β-amino-alcohol motifs (C(OH)–C–C–N with tert-alkyl or cyclic N) is 1. The Balaban J connectivity index is 1.74. The molecule has 2 rings (SSSR count). The molecule has 1 aliphatic rings. The van der Waals surface area contributed by atoms with Crippen molar-refractivity contribution < 1.29 is 39.1 Å². The summed E-state index contributed by atoms with van der Waals surface area (Å²) in [7, 11) is 0. The highest BCUT2D eigenvalue weighted by molar-refractivity contribution is 5.92. The van der Waals surface area contributed by atoms with Crippen LogP contribution >= 0.6 is 0 Å². The largest absolute Gasteiger partial charge is 0.504 e. The van der Waals surface area contributed by atoms with Gasteiger partial charge in [-0.1, -0.05) is 0 Å². The number of esters is 2. The van der Waals surface area contributed by atoms with Gasteiger partial charge in [-0.2, -0.15) is 0 Å². The van der Waals surface area contributed by atoms with E-state index >= 15 is 0 Å². The van der Waals surface area contributed by atoms with Crippen LogP contribution in [0.1, 0.15) is 36.2 Å². The molecule has 1 aliphatic heterocycles. The first-order chi connectivity index (χ1) is 13.6. The fraction of sp³-hybridized carbons (Fsp3) is 0.600. The van der Waals surface area contributed by atoms with E-state index in [1.807, 2.05) is 13.8 Å². The number of rotatable bonds is 9. The highest BCUT2D eigenvalue weighted by Gasteiger charge is 2.28. The number of hydrogen-bond acceptors (Lipinski definition) is 9. The molecular weight excluding hydrogens is 382 g/mol. The van der Waals surface area contributed by atoms with Crippen molar-refractivity contribution in [3.63, 3.8) is 0 Å². The normalized spacial score (nSPS) is 17.7. The van der Waals surface area contributed by atoms with Crippen LogP contribution < -0.4 is 5.32 Å². The van der Waals surface area contributed by atoms with E-state index in [1.54, 1.807) is 6.92 Å². The van der Waals surface area contributed by atoms with E-state index in [0.29, 0.717) is 25.2 Å². The van der Waals surface area contributed by atoms with Gasteiger partial charge in [0.1, 0.15) is 19.3 Å². The number of aliphatic hydroxyl groups excluding tert-OH is 1. The Morgan fingerprint density at radius 2 is 1.97 bits per heavy atom. The third-order valence-electron chi connectivity index (χ3n) is 4.60. The van der Waals surface area contributed by atoms with Crippen LogP contribution in [-0.2, 0) is 19.0 Å². The number of phenolic OH excluding ortho intramolecular Hbond substituents is 2. The first-order valence-corrected chi connectivity index (χ1v) is 9.46. The predicted molar refractivity (Wildman–Crippen MR) is 103 cm³/mol. The number of ether oxygens (including phenoxy) is 3. The molecule has 29 heavy (non-hydrogen) atoms. The molecule has 0 bridgehead atoms. The molecule has 0 spiro atoms. The minimum Gasteiger partial charge on any atom is -0.504 e. The zero-order valence-electron chi connectivity index (χ0n) is 16.9. The molecule has 1 aromatic carbocycles. The predicted octanol–water partition coefficient (Wildman–Crippen LogP) is 0.872. The number of aromatic hydroxyl groups is 2. The number of nitrogens with one attached hydrogen (secondary N) is 1. The van der Waals surface area contributed by atoms with Gasteiger partial charge in [0.25, 0.3) is 0 Å². The van der Waals surface area contributed by atoms with Gasteiger partial charge in [0.2, 0.25) is 0 Å². The molecule has 4 N–H and O–H groups in total. The molecule has 0 amide bonds. The molecule has 162 valence electrons. The quantitative estimate of drug-likeness (QED) is 0.345. The molecule has 2 unspecified atom stereocenters. The molecule has 1 saturated heterocycles. The van der Waals surface area contributed by atoms with Crippen molar-refractivity contribution >= 4 is 11.9 Å². The summed E-state index contributed by atoms with van der Waals surface area (Å²) in [5.74, 6) is -1.99. The Labute approximate surface area is 169 Å². The van der Waals surface area contributed by atoms with Gasteiger partial charge in [0, 0.05) is 18.7 Å². The van der Waals surface area contributed by atoms with Crippen LogP contribution in [-0.4, -0.2) is 71.9 Å². The van der Waals surface area contributed by atoms with Gasteiger partial charge in [-0.3, -0.25) is 4.79 Å². The van der Waals surface area contributed by atoms with E-state index in [-0.39, 0.29) is 43.0 Å². The Morgan fingerprint density at radius 1 is 1.28 bits per heavy atom. The van der Waals surface area contributed by atoms with Gasteiger partial charge in [-0.15, -0.1) is 0 Å². The van der Waals surface area contributed by atoms with Crippen molar-refractivity contribution in [2.75, 3.05) is 33.0 Å². The Kier molecular flexibility index (Phi) is 7.83. The molecule has 1 heterocycles. The summed E-state index contributed by atoms with van der Waals surface area (Å²) in [5.41, 5.74) is -0.0449. The highest BCUT2D eigenvalue weighted by atomic mass is 16.5. The number of carbonyl (C=O) groups excluding carboxylic acids is 2. The van der Waals surface area contributed by atoms with Gasteiger partial charge in [0.15, 0.2) is 11.5 Å². The fourth-order valence-electron chi connectivity index (χ4n) is 2.74. The number of carbonyl (C=O) groups is 2. The van der Waals surface area contributed by atoms with Crippen molar-refractivity contribution in [3.05, 3.63) is 23.3 Å². The Bertz CT molecular complexity index is 727. The van der Waals surface area contributed by atoms with Crippen molar-refractivity contribution in [2.45, 2.75) is 38.8 Å². The van der Waals surface area contributed by atoms with Crippen LogP contribution in [0.3, 0.4) is 0 Å². The van der Waals surface area contributed by atoms with Crippen LogP contribution in [0.5, 0.6) is 11.5 Å². The van der Waals surface area contributed by atoms with Crippen LogP contribution in [0.25, 0.3) is 0 Å². The summed E-state index contributed by atoms with van der Waals surface area (Å²) >= 11 is 0. The molecule has 0 aromatic heterocycles. The van der Waals surface area contributed by atoms with E-state index in [9.17, 15) is 24.9 Å². The van der Waals surface area contributed by atoms with E-state index < -0.39 is 23.4 Å². The van der Waals surface area contributed by atoms with Crippen molar-refractivity contribution in [3.8, 4) is 11.5 Å². The van der Waals surface area contributed by atoms with Crippen LogP contribution in [0.15, 0.2) is 12.1 Å². The number of phenols is 2. The van der Waals surface area contributed by atoms with E-state index in [4.69, 9.17) is 14.2 Å². The Morgan fingerprint density at radius 3 is 2.62 bits per heavy atom. The first kappa shape index (κ1) is 22.9. The lowest BCUT2D eigenvalue weighted by Gasteiger charge is -2.27. The van der Waals surface area contributed by atoms with Crippen LogP contribution in [0.2, 0.25) is 0 Å².